The quantitative estimate of drug-likeness (QED) is 0.306. The van der Waals surface area contributed by atoms with Crippen LogP contribution in [0.1, 0.15) is 13.3 Å². The van der Waals surface area contributed by atoms with E-state index in [9.17, 15) is 9.59 Å². The van der Waals surface area contributed by atoms with Gasteiger partial charge in [0.05, 0.1) is 6.61 Å². The predicted molar refractivity (Wildman–Crippen MR) is 55.0 cm³/mol. The van der Waals surface area contributed by atoms with E-state index in [1.807, 2.05) is 6.92 Å². The molecule has 0 rings (SSSR count). The van der Waals surface area contributed by atoms with Gasteiger partial charge in [0.15, 0.2) is 9.04 Å². The number of nitrogens with zero attached hydrogens (tertiary/aromatic N) is 1. The molecule has 0 saturated carbocycles. The first-order valence-corrected chi connectivity index (χ1v) is 6.71. The van der Waals surface area contributed by atoms with Crippen LogP contribution < -0.4 is 0 Å². The molecule has 4 nitrogen and oxygen atoms in total. The van der Waals surface area contributed by atoms with Gasteiger partial charge in [-0.2, -0.15) is 5.26 Å². The van der Waals surface area contributed by atoms with Crippen molar-refractivity contribution < 1.29 is 14.3 Å². The summed E-state index contributed by atoms with van der Waals surface area (Å²) in [6.07, 6.45) is 0.951. The van der Waals surface area contributed by atoms with Crippen molar-refractivity contribution in [3.8, 4) is 6.07 Å². The standard InChI is InChI=1S/C9H15NO3Si/c1-3-5-14(12)6-4-13-9(11)8(2)7-10/h12,14H,2-6H2,1H3. The largest absolute Gasteiger partial charge is 0.462 e. The van der Waals surface area contributed by atoms with E-state index in [0.717, 1.165) is 12.5 Å². The highest BCUT2D eigenvalue weighted by atomic mass is 28.3. The molecule has 1 N–H and O–H groups in total. The van der Waals surface area contributed by atoms with Gasteiger partial charge in [-0.15, -0.1) is 0 Å². The summed E-state index contributed by atoms with van der Waals surface area (Å²) >= 11 is 0. The minimum Gasteiger partial charge on any atom is -0.462 e. The molecule has 1 unspecified atom stereocenters. The molecule has 0 aromatic rings. The Morgan fingerprint density at radius 3 is 2.79 bits per heavy atom. The van der Waals surface area contributed by atoms with Crippen molar-refractivity contribution in [1.29, 1.82) is 5.26 Å². The summed E-state index contributed by atoms with van der Waals surface area (Å²) in [6.45, 7) is 5.41. The normalized spacial score (nSPS) is 11.5. The fourth-order valence-corrected chi connectivity index (χ4v) is 2.24. The minimum absolute atomic E-state index is 0.187. The van der Waals surface area contributed by atoms with Crippen molar-refractivity contribution in [3.63, 3.8) is 0 Å². The Morgan fingerprint density at radius 1 is 1.64 bits per heavy atom. The zero-order chi connectivity index (χ0) is 11.0. The van der Waals surface area contributed by atoms with Crippen LogP contribution in [0.4, 0.5) is 0 Å². The first-order chi connectivity index (χ1) is 6.61. The molecule has 0 fully saturated rings. The number of rotatable bonds is 6. The van der Waals surface area contributed by atoms with Gasteiger partial charge in [0.25, 0.3) is 0 Å². The first kappa shape index (κ1) is 12.9. The lowest BCUT2D eigenvalue weighted by molar-refractivity contribution is -0.138. The van der Waals surface area contributed by atoms with Crippen molar-refractivity contribution in [3.05, 3.63) is 12.2 Å². The van der Waals surface area contributed by atoms with Crippen molar-refractivity contribution in [2.24, 2.45) is 0 Å². The molecule has 14 heavy (non-hydrogen) atoms. The monoisotopic (exact) mass is 213 g/mol. The van der Waals surface area contributed by atoms with E-state index in [0.29, 0.717) is 6.04 Å². The smallest absolute Gasteiger partial charge is 0.348 e. The molecule has 0 heterocycles. The van der Waals surface area contributed by atoms with Gasteiger partial charge in [-0.3, -0.25) is 0 Å². The second-order valence-corrected chi connectivity index (χ2v) is 5.42. The fourth-order valence-electron chi connectivity index (χ4n) is 0.898. The van der Waals surface area contributed by atoms with Crippen LogP contribution in [0.3, 0.4) is 0 Å². The maximum Gasteiger partial charge on any atom is 0.348 e. The Hall–Kier alpha value is -1.12. The Labute approximate surface area is 85.5 Å². The topological polar surface area (TPSA) is 70.3 Å². The molecule has 5 heteroatoms. The van der Waals surface area contributed by atoms with Crippen LogP contribution in [0, 0.1) is 11.3 Å². The van der Waals surface area contributed by atoms with E-state index in [1.165, 1.54) is 0 Å². The Kier molecular flexibility index (Phi) is 6.71. The molecule has 0 radical (unpaired) electrons. The fraction of sp³-hybridized carbons (Fsp3) is 0.556. The van der Waals surface area contributed by atoms with Crippen LogP contribution in [0.25, 0.3) is 0 Å². The Morgan fingerprint density at radius 2 is 2.29 bits per heavy atom. The summed E-state index contributed by atoms with van der Waals surface area (Å²) in [4.78, 5) is 20.3. The zero-order valence-corrected chi connectivity index (χ0v) is 9.48. The molecule has 0 bridgehead atoms. The molecule has 78 valence electrons. The third-order valence-corrected chi connectivity index (χ3v) is 3.83. The number of carbonyl (C=O) groups is 1. The van der Waals surface area contributed by atoms with Gasteiger partial charge in [-0.05, 0) is 12.1 Å². The average molecular weight is 213 g/mol. The van der Waals surface area contributed by atoms with Crippen LogP contribution in [-0.4, -0.2) is 26.4 Å². The number of hydrogen-bond acceptors (Lipinski definition) is 4. The van der Waals surface area contributed by atoms with Crippen LogP contribution in [0.2, 0.25) is 12.1 Å². The van der Waals surface area contributed by atoms with E-state index in [2.05, 4.69) is 6.58 Å². The third kappa shape index (κ3) is 5.51. The van der Waals surface area contributed by atoms with E-state index in [-0.39, 0.29) is 12.2 Å². The maximum atomic E-state index is 10.9. The third-order valence-electron chi connectivity index (χ3n) is 1.69. The predicted octanol–water partition coefficient (Wildman–Crippen LogP) is 0.735. The van der Waals surface area contributed by atoms with Crippen molar-refractivity contribution in [1.82, 2.24) is 0 Å². The maximum absolute atomic E-state index is 10.9. The molecule has 0 saturated heterocycles. The van der Waals surface area contributed by atoms with Gasteiger partial charge < -0.3 is 9.53 Å². The zero-order valence-electron chi connectivity index (χ0n) is 8.32. The Balaban J connectivity index is 3.60. The summed E-state index contributed by atoms with van der Waals surface area (Å²) < 4.78 is 4.73. The van der Waals surface area contributed by atoms with Crippen molar-refractivity contribution in [2.45, 2.75) is 25.4 Å². The van der Waals surface area contributed by atoms with Gasteiger partial charge >= 0.3 is 5.97 Å². The van der Waals surface area contributed by atoms with Gasteiger partial charge in [-0.25, -0.2) is 4.79 Å². The molecule has 1 atom stereocenters. The van der Waals surface area contributed by atoms with Crippen molar-refractivity contribution in [2.75, 3.05) is 6.61 Å². The Bertz CT molecular complexity index is 247. The lowest BCUT2D eigenvalue weighted by atomic mass is 10.3. The lowest BCUT2D eigenvalue weighted by Gasteiger charge is -2.06. The van der Waals surface area contributed by atoms with Gasteiger partial charge in [0.1, 0.15) is 11.6 Å². The number of carbonyl (C=O) groups excluding carboxylic acids is 1. The molecule has 0 aromatic carbocycles. The van der Waals surface area contributed by atoms with Gasteiger partial charge in [-0.1, -0.05) is 19.9 Å². The van der Waals surface area contributed by atoms with Crippen LogP contribution in [-0.2, 0) is 9.53 Å². The molecule has 0 aliphatic rings. The number of esters is 1. The van der Waals surface area contributed by atoms with Crippen LogP contribution in [0.5, 0.6) is 0 Å². The van der Waals surface area contributed by atoms with Gasteiger partial charge in [0, 0.05) is 0 Å². The molecule has 0 aromatic heterocycles. The first-order valence-electron chi connectivity index (χ1n) is 4.56. The molecular weight excluding hydrogens is 198 g/mol. The van der Waals surface area contributed by atoms with E-state index in [1.54, 1.807) is 6.07 Å². The average Bonchev–Trinajstić information content (AvgIpc) is 2.16. The van der Waals surface area contributed by atoms with Gasteiger partial charge in [0.2, 0.25) is 0 Å². The summed E-state index contributed by atoms with van der Waals surface area (Å²) in [5, 5.41) is 8.31. The summed E-state index contributed by atoms with van der Waals surface area (Å²) in [5.74, 6) is -0.690. The molecule has 0 spiro atoms. The minimum atomic E-state index is -1.69. The SMILES string of the molecule is C=C(C#N)C(=O)OCC[SiH](O)CCC. The summed E-state index contributed by atoms with van der Waals surface area (Å²) in [6, 6.07) is 2.98. The molecule has 0 amide bonds. The molecule has 0 aliphatic heterocycles. The highest BCUT2D eigenvalue weighted by Gasteiger charge is 2.10. The highest BCUT2D eigenvalue weighted by Crippen LogP contribution is 2.01. The van der Waals surface area contributed by atoms with Crippen LogP contribution >= 0.6 is 0 Å². The van der Waals surface area contributed by atoms with Crippen LogP contribution in [0.15, 0.2) is 12.2 Å². The van der Waals surface area contributed by atoms with E-state index in [4.69, 9.17) is 10.00 Å². The number of ether oxygens (including phenoxy) is 1. The molecular formula is C9H15NO3Si. The number of nitriles is 1. The lowest BCUT2D eigenvalue weighted by Crippen LogP contribution is -2.16. The second-order valence-electron chi connectivity index (χ2n) is 2.96. The number of hydrogen-bond donors (Lipinski definition) is 1. The van der Waals surface area contributed by atoms with Crippen molar-refractivity contribution >= 4 is 15.0 Å². The second kappa shape index (κ2) is 7.30. The molecule has 0 aliphatic carbocycles. The highest BCUT2D eigenvalue weighted by molar-refractivity contribution is 6.50. The van der Waals surface area contributed by atoms with E-state index >= 15 is 0 Å². The summed E-state index contributed by atoms with van der Waals surface area (Å²) in [5.41, 5.74) is -0.198. The summed E-state index contributed by atoms with van der Waals surface area (Å²) in [7, 11) is -1.69. The van der Waals surface area contributed by atoms with E-state index < -0.39 is 15.0 Å².